The zero-order valence-corrected chi connectivity index (χ0v) is 17.0. The van der Waals surface area contributed by atoms with Gasteiger partial charge in [-0.25, -0.2) is 0 Å². The Labute approximate surface area is 164 Å². The monoisotopic (exact) mass is 383 g/mol. The van der Waals surface area contributed by atoms with Gasteiger partial charge in [0.25, 0.3) is 0 Å². The minimum Gasteiger partial charge on any atom is -0.378 e. The first-order valence-corrected chi connectivity index (χ1v) is 10.8. The Hall–Kier alpha value is -1.66. The quantitative estimate of drug-likeness (QED) is 0.600. The third-order valence-corrected chi connectivity index (χ3v) is 6.67. The molecule has 0 aliphatic carbocycles. The normalized spacial score (nSPS) is 16.4. The smallest absolute Gasteiger partial charge is 0.0893 e. The van der Waals surface area contributed by atoms with Crippen molar-refractivity contribution in [1.29, 1.82) is 0 Å². The Kier molecular flexibility index (Phi) is 5.41. The predicted molar refractivity (Wildman–Crippen MR) is 113 cm³/mol. The van der Waals surface area contributed by atoms with Crippen molar-refractivity contribution < 1.29 is 0 Å². The van der Waals surface area contributed by atoms with Gasteiger partial charge in [0.1, 0.15) is 0 Å². The lowest BCUT2D eigenvalue weighted by Gasteiger charge is -2.30. The van der Waals surface area contributed by atoms with Crippen molar-refractivity contribution in [1.82, 2.24) is 9.80 Å². The van der Waals surface area contributed by atoms with E-state index in [9.17, 15) is 0 Å². The molecule has 0 amide bonds. The van der Waals surface area contributed by atoms with Gasteiger partial charge in [0.2, 0.25) is 0 Å². The van der Waals surface area contributed by atoms with E-state index in [1.54, 1.807) is 0 Å². The summed E-state index contributed by atoms with van der Waals surface area (Å²) in [4.78, 5) is 10.3. The highest BCUT2D eigenvalue weighted by Gasteiger charge is 2.33. The summed E-state index contributed by atoms with van der Waals surface area (Å²) in [6.45, 7) is 4.28. The van der Waals surface area contributed by atoms with Crippen LogP contribution in [0.25, 0.3) is 0 Å². The highest BCUT2D eigenvalue weighted by molar-refractivity contribution is 7.10. The van der Waals surface area contributed by atoms with Crippen LogP contribution in [0.3, 0.4) is 0 Å². The van der Waals surface area contributed by atoms with Crippen LogP contribution in [-0.2, 0) is 13.1 Å². The Bertz CT molecular complexity index is 750. The van der Waals surface area contributed by atoms with Gasteiger partial charge in [0, 0.05) is 55.7 Å². The van der Waals surface area contributed by atoms with Gasteiger partial charge in [-0.3, -0.25) is 9.80 Å². The van der Waals surface area contributed by atoms with Gasteiger partial charge in [0.15, 0.2) is 0 Å². The van der Waals surface area contributed by atoms with Crippen molar-refractivity contribution in [3.05, 3.63) is 74.6 Å². The van der Waals surface area contributed by atoms with Crippen molar-refractivity contribution in [2.45, 2.75) is 19.3 Å². The molecular formula is C21H25N3S2. The molecule has 1 fully saturated rings. The van der Waals surface area contributed by atoms with Crippen LogP contribution in [0.4, 0.5) is 5.69 Å². The summed E-state index contributed by atoms with van der Waals surface area (Å²) in [5.74, 6) is 0. The Morgan fingerprint density at radius 1 is 0.846 bits per heavy atom. The minimum atomic E-state index is 0.343. The molecule has 1 aliphatic rings. The lowest BCUT2D eigenvalue weighted by Crippen LogP contribution is -2.30. The lowest BCUT2D eigenvalue weighted by molar-refractivity contribution is 0.127. The molecule has 4 rings (SSSR count). The summed E-state index contributed by atoms with van der Waals surface area (Å²) in [6.07, 6.45) is 0.343. The molecule has 0 N–H and O–H groups in total. The zero-order chi connectivity index (χ0) is 17.9. The maximum Gasteiger partial charge on any atom is 0.0893 e. The second-order valence-corrected chi connectivity index (χ2v) is 9.02. The first-order chi connectivity index (χ1) is 12.7. The molecular weight excluding hydrogens is 358 g/mol. The molecule has 1 aliphatic heterocycles. The molecule has 0 bridgehead atoms. The standard InChI is InChI=1S/C21H25N3S2/c1-22(2)18-9-7-17(8-10-18)21-23(15-19-5-3-13-25-19)11-12-24(21)16-20-6-4-14-26-20/h3-10,13-14,21H,11-12,15-16H2,1-2H3. The Morgan fingerprint density at radius 2 is 1.38 bits per heavy atom. The fraction of sp³-hybridized carbons (Fsp3) is 0.333. The molecule has 26 heavy (non-hydrogen) atoms. The molecule has 0 spiro atoms. The highest BCUT2D eigenvalue weighted by Crippen LogP contribution is 2.34. The molecule has 0 atom stereocenters. The molecule has 0 unspecified atom stereocenters. The summed E-state index contributed by atoms with van der Waals surface area (Å²) in [7, 11) is 4.19. The van der Waals surface area contributed by atoms with Crippen LogP contribution in [0, 0.1) is 0 Å². The van der Waals surface area contributed by atoms with Crippen LogP contribution in [0.5, 0.6) is 0 Å². The number of rotatable bonds is 6. The second kappa shape index (κ2) is 7.92. The van der Waals surface area contributed by atoms with E-state index in [4.69, 9.17) is 0 Å². The number of hydrogen-bond acceptors (Lipinski definition) is 5. The van der Waals surface area contributed by atoms with Gasteiger partial charge in [-0.15, -0.1) is 22.7 Å². The van der Waals surface area contributed by atoms with E-state index in [0.29, 0.717) is 6.17 Å². The maximum atomic E-state index is 2.62. The number of nitrogens with zero attached hydrogens (tertiary/aromatic N) is 3. The van der Waals surface area contributed by atoms with Gasteiger partial charge in [0.05, 0.1) is 6.17 Å². The molecule has 3 heterocycles. The van der Waals surface area contributed by atoms with Crippen molar-refractivity contribution in [3.8, 4) is 0 Å². The van der Waals surface area contributed by atoms with Crippen molar-refractivity contribution >= 4 is 28.4 Å². The molecule has 3 nitrogen and oxygen atoms in total. The van der Waals surface area contributed by atoms with E-state index < -0.39 is 0 Å². The van der Waals surface area contributed by atoms with E-state index in [-0.39, 0.29) is 0 Å². The average Bonchev–Trinajstić information content (AvgIpc) is 3.39. The minimum absolute atomic E-state index is 0.343. The van der Waals surface area contributed by atoms with Gasteiger partial charge in [-0.1, -0.05) is 24.3 Å². The van der Waals surface area contributed by atoms with Crippen LogP contribution in [0.2, 0.25) is 0 Å². The van der Waals surface area contributed by atoms with Gasteiger partial charge in [-0.2, -0.15) is 0 Å². The number of benzene rings is 1. The van der Waals surface area contributed by atoms with E-state index >= 15 is 0 Å². The molecule has 136 valence electrons. The number of hydrogen-bond donors (Lipinski definition) is 0. The lowest BCUT2D eigenvalue weighted by atomic mass is 10.1. The van der Waals surface area contributed by atoms with Crippen LogP contribution >= 0.6 is 22.7 Å². The van der Waals surface area contributed by atoms with Crippen molar-refractivity contribution in [3.63, 3.8) is 0 Å². The summed E-state index contributed by atoms with van der Waals surface area (Å²) in [6, 6.07) is 17.9. The zero-order valence-electron chi connectivity index (χ0n) is 15.3. The van der Waals surface area contributed by atoms with Gasteiger partial charge < -0.3 is 4.90 Å². The molecule has 1 aromatic carbocycles. The van der Waals surface area contributed by atoms with E-state index in [2.05, 4.69) is 88.1 Å². The fourth-order valence-corrected chi connectivity index (χ4v) is 5.09. The first-order valence-electron chi connectivity index (χ1n) is 9.01. The Morgan fingerprint density at radius 3 is 1.81 bits per heavy atom. The third-order valence-electron chi connectivity index (χ3n) is 4.95. The predicted octanol–water partition coefficient (Wildman–Crippen LogP) is 4.89. The highest BCUT2D eigenvalue weighted by atomic mass is 32.1. The third kappa shape index (κ3) is 3.86. The molecule has 3 aromatic rings. The van der Waals surface area contributed by atoms with Crippen LogP contribution in [0.15, 0.2) is 59.3 Å². The van der Waals surface area contributed by atoms with Crippen molar-refractivity contribution in [2.75, 3.05) is 32.1 Å². The SMILES string of the molecule is CN(C)c1ccc(C2N(Cc3cccs3)CCN2Cc2cccs2)cc1. The fourth-order valence-electron chi connectivity index (χ4n) is 3.64. The molecule has 1 saturated heterocycles. The van der Waals surface area contributed by atoms with Crippen LogP contribution in [-0.4, -0.2) is 37.0 Å². The number of thiophene rings is 2. The topological polar surface area (TPSA) is 9.72 Å². The van der Waals surface area contributed by atoms with E-state index in [1.165, 1.54) is 21.0 Å². The largest absolute Gasteiger partial charge is 0.378 e. The van der Waals surface area contributed by atoms with E-state index in [0.717, 1.165) is 26.2 Å². The number of anilines is 1. The maximum absolute atomic E-state index is 2.62. The second-order valence-electron chi connectivity index (χ2n) is 6.96. The summed E-state index contributed by atoms with van der Waals surface area (Å²) in [5, 5.41) is 4.35. The van der Waals surface area contributed by atoms with Crippen LogP contribution < -0.4 is 4.90 Å². The molecule has 0 saturated carbocycles. The van der Waals surface area contributed by atoms with Crippen LogP contribution in [0.1, 0.15) is 21.5 Å². The molecule has 2 aromatic heterocycles. The summed E-state index contributed by atoms with van der Waals surface area (Å²) in [5.41, 5.74) is 2.64. The van der Waals surface area contributed by atoms with Gasteiger partial charge in [-0.05, 0) is 40.6 Å². The average molecular weight is 384 g/mol. The molecule has 0 radical (unpaired) electrons. The van der Waals surface area contributed by atoms with Crippen molar-refractivity contribution in [2.24, 2.45) is 0 Å². The summed E-state index contributed by atoms with van der Waals surface area (Å²) < 4.78 is 0. The first kappa shape index (κ1) is 17.7. The van der Waals surface area contributed by atoms with Gasteiger partial charge >= 0.3 is 0 Å². The summed E-state index contributed by atoms with van der Waals surface area (Å²) >= 11 is 3.71. The molecule has 5 heteroatoms. The Balaban J connectivity index is 1.60. The van der Waals surface area contributed by atoms with E-state index in [1.807, 2.05) is 22.7 Å².